The van der Waals surface area contributed by atoms with Gasteiger partial charge in [0.15, 0.2) is 0 Å². The minimum atomic E-state index is 0.134. The molecule has 2 N–H and O–H groups in total. The minimum absolute atomic E-state index is 0.134. The molecular weight excluding hydrogens is 236 g/mol. The topological polar surface area (TPSA) is 40.5 Å². The molecule has 0 aliphatic carbocycles. The maximum absolute atomic E-state index is 9.78. The van der Waals surface area contributed by atoms with Gasteiger partial charge >= 0.3 is 0 Å². The van der Waals surface area contributed by atoms with Gasteiger partial charge < -0.3 is 10.2 Å². The second-order valence-electron chi connectivity index (χ2n) is 5.90. The fourth-order valence-corrected chi connectivity index (χ4v) is 2.07. The van der Waals surface area contributed by atoms with Crippen molar-refractivity contribution in [1.82, 2.24) is 0 Å². The lowest BCUT2D eigenvalue weighted by Gasteiger charge is -2.19. The van der Waals surface area contributed by atoms with Crippen LogP contribution < -0.4 is 0 Å². The quantitative estimate of drug-likeness (QED) is 0.853. The summed E-state index contributed by atoms with van der Waals surface area (Å²) in [5, 5.41) is 19.6. The summed E-state index contributed by atoms with van der Waals surface area (Å²) in [6.45, 7) is 6.53. The molecule has 100 valence electrons. The van der Waals surface area contributed by atoms with Crippen LogP contribution >= 0.6 is 0 Å². The zero-order valence-electron chi connectivity index (χ0n) is 11.6. The third kappa shape index (κ3) is 3.08. The molecule has 2 rings (SSSR count). The zero-order valence-corrected chi connectivity index (χ0v) is 11.6. The van der Waals surface area contributed by atoms with Crippen LogP contribution in [-0.4, -0.2) is 10.2 Å². The average Bonchev–Trinajstić information content (AvgIpc) is 2.33. The molecule has 0 heterocycles. The normalized spacial score (nSPS) is 11.5. The minimum Gasteiger partial charge on any atom is -0.508 e. The van der Waals surface area contributed by atoms with Crippen molar-refractivity contribution in [3.63, 3.8) is 0 Å². The molecule has 2 heteroatoms. The van der Waals surface area contributed by atoms with E-state index in [1.165, 1.54) is 5.56 Å². The van der Waals surface area contributed by atoms with Crippen molar-refractivity contribution in [2.45, 2.75) is 32.6 Å². The Morgan fingerprint density at radius 3 is 1.84 bits per heavy atom. The third-order valence-electron chi connectivity index (χ3n) is 3.33. The summed E-state index contributed by atoms with van der Waals surface area (Å²) >= 11 is 0. The Labute approximate surface area is 114 Å². The van der Waals surface area contributed by atoms with Crippen LogP contribution in [0.3, 0.4) is 0 Å². The molecule has 2 aromatic carbocycles. The predicted molar refractivity (Wildman–Crippen MR) is 77.7 cm³/mol. The predicted octanol–water partition coefficient (Wildman–Crippen LogP) is 3.99. The van der Waals surface area contributed by atoms with Crippen molar-refractivity contribution >= 4 is 0 Å². The molecule has 0 atom stereocenters. The second kappa shape index (κ2) is 4.96. The van der Waals surface area contributed by atoms with Gasteiger partial charge in [-0.3, -0.25) is 0 Å². The highest BCUT2D eigenvalue weighted by atomic mass is 16.3. The highest BCUT2D eigenvalue weighted by molar-refractivity contribution is 5.46. The molecule has 2 nitrogen and oxygen atoms in total. The van der Waals surface area contributed by atoms with Gasteiger partial charge in [0, 0.05) is 12.0 Å². The Bertz CT molecular complexity index is 543. The van der Waals surface area contributed by atoms with Crippen molar-refractivity contribution in [2.75, 3.05) is 0 Å². The van der Waals surface area contributed by atoms with Gasteiger partial charge in [-0.2, -0.15) is 0 Å². The van der Waals surface area contributed by atoms with E-state index in [1.807, 2.05) is 12.1 Å². The van der Waals surface area contributed by atoms with Crippen LogP contribution in [0.2, 0.25) is 0 Å². The first kappa shape index (κ1) is 13.5. The first-order chi connectivity index (χ1) is 8.88. The number of phenolic OH excluding ortho intramolecular Hbond substituents is 2. The molecule has 0 aliphatic rings. The average molecular weight is 256 g/mol. The van der Waals surface area contributed by atoms with Gasteiger partial charge in [-0.1, -0.05) is 51.1 Å². The number of benzene rings is 2. The van der Waals surface area contributed by atoms with E-state index in [1.54, 1.807) is 18.2 Å². The lowest BCUT2D eigenvalue weighted by atomic mass is 9.86. The molecule has 0 unspecified atom stereocenters. The van der Waals surface area contributed by atoms with Crippen molar-refractivity contribution in [3.8, 4) is 11.5 Å². The molecular formula is C17H20O2. The Kier molecular flexibility index (Phi) is 3.52. The molecule has 0 bridgehead atoms. The maximum atomic E-state index is 9.78. The molecule has 0 aromatic heterocycles. The van der Waals surface area contributed by atoms with Crippen molar-refractivity contribution < 1.29 is 10.2 Å². The van der Waals surface area contributed by atoms with Crippen LogP contribution in [0.5, 0.6) is 11.5 Å². The van der Waals surface area contributed by atoms with E-state index in [-0.39, 0.29) is 16.9 Å². The number of rotatable bonds is 2. The SMILES string of the molecule is CC(C)(C)c1ccc(Cc2c(O)cccc2O)cc1. The second-order valence-corrected chi connectivity index (χ2v) is 5.90. The monoisotopic (exact) mass is 256 g/mol. The van der Waals surface area contributed by atoms with E-state index in [0.717, 1.165) is 5.56 Å². The third-order valence-corrected chi connectivity index (χ3v) is 3.33. The van der Waals surface area contributed by atoms with E-state index < -0.39 is 0 Å². The Balaban J connectivity index is 2.25. The van der Waals surface area contributed by atoms with E-state index in [0.29, 0.717) is 12.0 Å². The highest BCUT2D eigenvalue weighted by Gasteiger charge is 2.13. The molecule has 0 saturated heterocycles. The largest absolute Gasteiger partial charge is 0.508 e. The summed E-state index contributed by atoms with van der Waals surface area (Å²) in [7, 11) is 0. The highest BCUT2D eigenvalue weighted by Crippen LogP contribution is 2.29. The maximum Gasteiger partial charge on any atom is 0.122 e. The van der Waals surface area contributed by atoms with Gasteiger partial charge in [-0.25, -0.2) is 0 Å². The lowest BCUT2D eigenvalue weighted by molar-refractivity contribution is 0.440. The Hall–Kier alpha value is -1.96. The molecule has 0 radical (unpaired) electrons. The standard InChI is InChI=1S/C17H20O2/c1-17(2,3)13-9-7-12(8-10-13)11-14-15(18)5-4-6-16(14)19/h4-10,18-19H,11H2,1-3H3. The van der Waals surface area contributed by atoms with Gasteiger partial charge in [-0.05, 0) is 28.7 Å². The number of phenols is 2. The fourth-order valence-electron chi connectivity index (χ4n) is 2.07. The Morgan fingerprint density at radius 1 is 0.842 bits per heavy atom. The Morgan fingerprint density at radius 2 is 1.37 bits per heavy atom. The van der Waals surface area contributed by atoms with E-state index in [2.05, 4.69) is 32.9 Å². The molecule has 0 saturated carbocycles. The van der Waals surface area contributed by atoms with Crippen LogP contribution in [0.15, 0.2) is 42.5 Å². The summed E-state index contributed by atoms with van der Waals surface area (Å²) < 4.78 is 0. The summed E-state index contributed by atoms with van der Waals surface area (Å²) in [6.07, 6.45) is 0.531. The van der Waals surface area contributed by atoms with Crippen molar-refractivity contribution in [1.29, 1.82) is 0 Å². The molecule has 0 amide bonds. The van der Waals surface area contributed by atoms with Gasteiger partial charge in [0.05, 0.1) is 0 Å². The van der Waals surface area contributed by atoms with Crippen LogP contribution in [0.1, 0.15) is 37.5 Å². The summed E-state index contributed by atoms with van der Waals surface area (Å²) in [4.78, 5) is 0. The zero-order chi connectivity index (χ0) is 14.0. The van der Waals surface area contributed by atoms with Gasteiger partial charge in [0.1, 0.15) is 11.5 Å². The first-order valence-electron chi connectivity index (χ1n) is 6.47. The molecule has 0 spiro atoms. The van der Waals surface area contributed by atoms with Crippen LogP contribution in [0, 0.1) is 0 Å². The van der Waals surface area contributed by atoms with E-state index in [9.17, 15) is 10.2 Å². The van der Waals surface area contributed by atoms with Crippen LogP contribution in [0.25, 0.3) is 0 Å². The summed E-state index contributed by atoms with van der Waals surface area (Å²) in [5.74, 6) is 0.278. The summed E-state index contributed by atoms with van der Waals surface area (Å²) in [5.41, 5.74) is 3.06. The molecule has 0 fully saturated rings. The summed E-state index contributed by atoms with van der Waals surface area (Å²) in [6, 6.07) is 13.1. The molecule has 2 aromatic rings. The molecule has 19 heavy (non-hydrogen) atoms. The number of hydrogen-bond donors (Lipinski definition) is 2. The number of aromatic hydroxyl groups is 2. The first-order valence-corrected chi connectivity index (χ1v) is 6.47. The number of hydrogen-bond acceptors (Lipinski definition) is 2. The lowest BCUT2D eigenvalue weighted by Crippen LogP contribution is -2.10. The van der Waals surface area contributed by atoms with Crippen LogP contribution in [0.4, 0.5) is 0 Å². The van der Waals surface area contributed by atoms with Gasteiger partial charge in [0.25, 0.3) is 0 Å². The smallest absolute Gasteiger partial charge is 0.122 e. The van der Waals surface area contributed by atoms with Gasteiger partial charge in [0.2, 0.25) is 0 Å². The molecule has 0 aliphatic heterocycles. The van der Waals surface area contributed by atoms with E-state index >= 15 is 0 Å². The van der Waals surface area contributed by atoms with Gasteiger partial charge in [-0.15, -0.1) is 0 Å². The fraction of sp³-hybridized carbons (Fsp3) is 0.294. The van der Waals surface area contributed by atoms with E-state index in [4.69, 9.17) is 0 Å². The van der Waals surface area contributed by atoms with Crippen molar-refractivity contribution in [3.05, 3.63) is 59.2 Å². The van der Waals surface area contributed by atoms with Crippen LogP contribution in [-0.2, 0) is 11.8 Å². The van der Waals surface area contributed by atoms with Crippen molar-refractivity contribution in [2.24, 2.45) is 0 Å².